The lowest BCUT2D eigenvalue weighted by molar-refractivity contribution is -0.169. The summed E-state index contributed by atoms with van der Waals surface area (Å²) >= 11 is 0. The number of nitrogens with zero attached hydrogens (tertiary/aromatic N) is 1. The molecule has 0 aromatic heterocycles. The maximum absolute atomic E-state index is 12.2. The Bertz CT molecular complexity index is 894. The number of rotatable bonds is 4. The third-order valence-corrected chi connectivity index (χ3v) is 7.14. The molecule has 2 bridgehead atoms. The maximum Gasteiger partial charge on any atom is 0.312 e. The van der Waals surface area contributed by atoms with Gasteiger partial charge in [0, 0.05) is 24.6 Å². The number of benzene rings is 1. The molecule has 2 aliphatic heterocycles. The van der Waals surface area contributed by atoms with E-state index in [1.165, 1.54) is 5.56 Å². The van der Waals surface area contributed by atoms with E-state index in [0.29, 0.717) is 23.7 Å². The maximum atomic E-state index is 12.2. The summed E-state index contributed by atoms with van der Waals surface area (Å²) in [6.45, 7) is 1.07. The highest BCUT2D eigenvalue weighted by Gasteiger charge is 2.72. The Morgan fingerprint density at radius 1 is 1.40 bits per heavy atom. The SMILES string of the molecule is COc1ccc2c3c1O[C@H]1C(OC(=O)CCN)=CC[C@@]4(O)[C@@H](C2)N(C)CC[C@]314.Cl.Cl. The number of nitrogens with two attached hydrogens (primary N) is 1. The Morgan fingerprint density at radius 3 is 2.87 bits per heavy atom. The van der Waals surface area contributed by atoms with Crippen molar-refractivity contribution in [2.24, 2.45) is 5.73 Å². The molecule has 0 radical (unpaired) electrons. The van der Waals surface area contributed by atoms with Crippen LogP contribution in [0, 0.1) is 0 Å². The highest BCUT2D eigenvalue weighted by molar-refractivity contribution is 5.85. The fourth-order valence-electron chi connectivity index (χ4n) is 5.89. The number of aliphatic hydroxyl groups is 1. The summed E-state index contributed by atoms with van der Waals surface area (Å²) in [5, 5.41) is 12.0. The van der Waals surface area contributed by atoms with Crippen LogP contribution in [0.25, 0.3) is 0 Å². The second kappa shape index (κ2) is 7.88. The number of carbonyl (C=O) groups is 1. The van der Waals surface area contributed by atoms with E-state index < -0.39 is 17.1 Å². The molecule has 0 amide bonds. The first-order valence-corrected chi connectivity index (χ1v) is 9.86. The van der Waals surface area contributed by atoms with Crippen LogP contribution in [-0.4, -0.2) is 61.0 Å². The first-order valence-electron chi connectivity index (χ1n) is 9.86. The van der Waals surface area contributed by atoms with Gasteiger partial charge in [-0.05, 0) is 44.1 Å². The van der Waals surface area contributed by atoms with Crippen molar-refractivity contribution < 1.29 is 24.1 Å². The van der Waals surface area contributed by atoms with Gasteiger partial charge >= 0.3 is 5.97 Å². The minimum atomic E-state index is -0.987. The smallest absolute Gasteiger partial charge is 0.312 e. The fraction of sp³-hybridized carbons (Fsp3) is 0.571. The van der Waals surface area contributed by atoms with E-state index in [-0.39, 0.29) is 49.8 Å². The van der Waals surface area contributed by atoms with Crippen LogP contribution in [0.3, 0.4) is 0 Å². The number of esters is 1. The average Bonchev–Trinajstić information content (AvgIpc) is 3.02. The van der Waals surface area contributed by atoms with Gasteiger partial charge in [0.1, 0.15) is 5.76 Å². The van der Waals surface area contributed by atoms with Crippen LogP contribution < -0.4 is 15.2 Å². The lowest BCUT2D eigenvalue weighted by Crippen LogP contribution is -2.74. The molecule has 9 heteroatoms. The normalized spacial score (nSPS) is 32.6. The van der Waals surface area contributed by atoms with Crippen LogP contribution in [0.5, 0.6) is 11.5 Å². The van der Waals surface area contributed by atoms with Gasteiger partial charge in [-0.1, -0.05) is 6.07 Å². The predicted molar refractivity (Wildman–Crippen MR) is 116 cm³/mol. The first-order chi connectivity index (χ1) is 13.5. The monoisotopic (exact) mass is 458 g/mol. The van der Waals surface area contributed by atoms with Crippen molar-refractivity contribution in [2.75, 3.05) is 27.2 Å². The van der Waals surface area contributed by atoms with Gasteiger partial charge in [-0.2, -0.15) is 0 Å². The lowest BCUT2D eigenvalue weighted by Gasteiger charge is -2.61. The van der Waals surface area contributed by atoms with E-state index in [4.69, 9.17) is 19.9 Å². The summed E-state index contributed by atoms with van der Waals surface area (Å²) in [4.78, 5) is 14.4. The van der Waals surface area contributed by atoms with Gasteiger partial charge in [-0.15, -0.1) is 24.8 Å². The number of hydrogen-bond donors (Lipinski definition) is 2. The highest BCUT2D eigenvalue weighted by Crippen LogP contribution is 2.65. The van der Waals surface area contributed by atoms with Crippen LogP contribution in [0.1, 0.15) is 30.4 Å². The van der Waals surface area contributed by atoms with E-state index in [1.54, 1.807) is 7.11 Å². The summed E-state index contributed by atoms with van der Waals surface area (Å²) in [6.07, 6.45) is 3.33. The topological polar surface area (TPSA) is 94.2 Å². The van der Waals surface area contributed by atoms with Crippen LogP contribution >= 0.6 is 24.8 Å². The van der Waals surface area contributed by atoms with Gasteiger partial charge in [0.05, 0.1) is 24.5 Å². The molecular weight excluding hydrogens is 431 g/mol. The molecule has 0 saturated carbocycles. The van der Waals surface area contributed by atoms with E-state index in [2.05, 4.69) is 18.0 Å². The molecule has 1 saturated heterocycles. The highest BCUT2D eigenvalue weighted by atomic mass is 35.5. The molecule has 4 aliphatic rings. The zero-order valence-electron chi connectivity index (χ0n) is 17.1. The molecule has 4 atom stereocenters. The molecule has 1 aromatic carbocycles. The fourth-order valence-corrected chi connectivity index (χ4v) is 5.89. The molecular formula is C21H28Cl2N2O5. The van der Waals surface area contributed by atoms with Crippen LogP contribution in [-0.2, 0) is 21.4 Å². The Balaban J connectivity index is 0.00000128. The summed E-state index contributed by atoms with van der Waals surface area (Å²) in [6, 6.07) is 3.98. The van der Waals surface area contributed by atoms with E-state index in [0.717, 1.165) is 24.9 Å². The number of ether oxygens (including phenoxy) is 3. The molecule has 3 N–H and O–H groups in total. The van der Waals surface area contributed by atoms with Crippen LogP contribution in [0.15, 0.2) is 24.0 Å². The first kappa shape index (κ1) is 23.2. The van der Waals surface area contributed by atoms with Crippen LogP contribution in [0.4, 0.5) is 0 Å². The number of carbonyl (C=O) groups excluding carboxylic acids is 1. The van der Waals surface area contributed by atoms with E-state index in [1.807, 2.05) is 12.1 Å². The van der Waals surface area contributed by atoms with Crippen molar-refractivity contribution >= 4 is 30.8 Å². The average molecular weight is 459 g/mol. The Kier molecular flexibility index (Phi) is 6.08. The van der Waals surface area contributed by atoms with Crippen molar-refractivity contribution in [2.45, 2.75) is 48.8 Å². The summed E-state index contributed by atoms with van der Waals surface area (Å²) < 4.78 is 17.6. The lowest BCUT2D eigenvalue weighted by atomic mass is 9.50. The Labute approximate surface area is 188 Å². The number of methoxy groups -OCH3 is 1. The molecule has 0 unspecified atom stereocenters. The van der Waals surface area contributed by atoms with E-state index >= 15 is 0 Å². The van der Waals surface area contributed by atoms with Gasteiger partial charge in [-0.25, -0.2) is 0 Å². The second-order valence-corrected chi connectivity index (χ2v) is 8.30. The largest absolute Gasteiger partial charge is 0.493 e. The zero-order valence-corrected chi connectivity index (χ0v) is 18.7. The third kappa shape index (κ3) is 2.72. The second-order valence-electron chi connectivity index (χ2n) is 8.30. The van der Waals surface area contributed by atoms with Crippen molar-refractivity contribution in [3.05, 3.63) is 35.1 Å². The molecule has 2 heterocycles. The molecule has 1 fully saturated rings. The number of piperidine rings is 1. The van der Waals surface area contributed by atoms with Gasteiger partial charge in [0.15, 0.2) is 17.6 Å². The number of likely N-dealkylation sites (tertiary alicyclic amines) is 1. The summed E-state index contributed by atoms with van der Waals surface area (Å²) in [5.74, 6) is 1.43. The minimum Gasteiger partial charge on any atom is -0.493 e. The Hall–Kier alpha value is -1.51. The standard InChI is InChI=1S/C21H26N2O5.2ClH/c1-23-10-8-20-17-12-3-4-13(26-2)18(17)28-19(20)14(27-16(24)6-9-22)5-7-21(20,25)15(23)11-12;;/h3-5,15,19,25H,6-11,22H2,1-2H3;2*1H/t15-,19+,20+,21-;;/m1../s1. The zero-order chi connectivity index (χ0) is 19.7. The molecule has 1 aromatic rings. The van der Waals surface area contributed by atoms with Crippen molar-refractivity contribution in [3.63, 3.8) is 0 Å². The van der Waals surface area contributed by atoms with Gasteiger partial charge in [0.2, 0.25) is 0 Å². The van der Waals surface area contributed by atoms with Crippen molar-refractivity contribution in [1.82, 2.24) is 4.90 Å². The number of halogens is 2. The number of likely N-dealkylation sites (N-methyl/N-ethyl adjacent to an activating group) is 1. The quantitative estimate of drug-likeness (QED) is 0.663. The molecule has 2 aliphatic carbocycles. The third-order valence-electron chi connectivity index (χ3n) is 7.14. The van der Waals surface area contributed by atoms with Gasteiger partial charge in [-0.3, -0.25) is 4.79 Å². The summed E-state index contributed by atoms with van der Waals surface area (Å²) in [5.41, 5.74) is 6.08. The van der Waals surface area contributed by atoms with Gasteiger partial charge in [0.25, 0.3) is 0 Å². The molecule has 7 nitrogen and oxygen atoms in total. The molecule has 30 heavy (non-hydrogen) atoms. The predicted octanol–water partition coefficient (Wildman–Crippen LogP) is 1.71. The van der Waals surface area contributed by atoms with Crippen LogP contribution in [0.2, 0.25) is 0 Å². The molecule has 5 rings (SSSR count). The Morgan fingerprint density at radius 2 is 2.17 bits per heavy atom. The molecule has 166 valence electrons. The summed E-state index contributed by atoms with van der Waals surface area (Å²) in [7, 11) is 3.68. The van der Waals surface area contributed by atoms with E-state index in [9.17, 15) is 9.90 Å². The van der Waals surface area contributed by atoms with Crippen molar-refractivity contribution in [3.8, 4) is 11.5 Å². The van der Waals surface area contributed by atoms with Gasteiger partial charge < -0.3 is 30.0 Å². The van der Waals surface area contributed by atoms with Crippen molar-refractivity contribution in [1.29, 1.82) is 0 Å². The minimum absolute atomic E-state index is 0. The molecule has 1 spiro atoms. The number of hydrogen-bond acceptors (Lipinski definition) is 7.